The van der Waals surface area contributed by atoms with Crippen LogP contribution < -0.4 is 0 Å². The van der Waals surface area contributed by atoms with Crippen molar-refractivity contribution in [2.45, 2.75) is 51.4 Å². The van der Waals surface area contributed by atoms with Gasteiger partial charge in [0.2, 0.25) is 0 Å². The number of thioether (sulfide) groups is 1. The van der Waals surface area contributed by atoms with E-state index >= 15 is 0 Å². The summed E-state index contributed by atoms with van der Waals surface area (Å²) >= 11 is 2.02. The van der Waals surface area contributed by atoms with Crippen LogP contribution in [0.5, 0.6) is 0 Å². The molecule has 1 aliphatic rings. The molecule has 0 spiro atoms. The first kappa shape index (κ1) is 13.8. The third-order valence-corrected chi connectivity index (χ3v) is 4.60. The molecule has 1 heterocycles. The molecule has 3 unspecified atom stereocenters. The Labute approximate surface area is 103 Å². The van der Waals surface area contributed by atoms with Crippen LogP contribution in [0, 0.1) is 0 Å². The summed E-state index contributed by atoms with van der Waals surface area (Å²) in [5.41, 5.74) is 0. The quantitative estimate of drug-likeness (QED) is 0.710. The van der Waals surface area contributed by atoms with Crippen LogP contribution in [-0.4, -0.2) is 47.1 Å². The van der Waals surface area contributed by atoms with E-state index in [1.165, 1.54) is 5.75 Å². The van der Waals surface area contributed by atoms with Crippen molar-refractivity contribution in [2.24, 2.45) is 0 Å². The molecular formula is C12H23NO2S. The molecule has 3 nitrogen and oxygen atoms in total. The molecule has 16 heavy (non-hydrogen) atoms. The zero-order chi connectivity index (χ0) is 12.1. The average molecular weight is 245 g/mol. The van der Waals surface area contributed by atoms with Crippen molar-refractivity contribution < 1.29 is 9.53 Å². The van der Waals surface area contributed by atoms with E-state index in [1.807, 2.05) is 18.7 Å². The SMILES string of the molecule is CCOC(=O)CC(C)N1CCSC(C)C1C. The largest absolute Gasteiger partial charge is 0.466 e. The smallest absolute Gasteiger partial charge is 0.307 e. The predicted octanol–water partition coefficient (Wildman–Crippen LogP) is 2.15. The second-order valence-electron chi connectivity index (χ2n) is 4.41. The van der Waals surface area contributed by atoms with Gasteiger partial charge in [-0.3, -0.25) is 9.69 Å². The van der Waals surface area contributed by atoms with Crippen molar-refractivity contribution in [3.05, 3.63) is 0 Å². The Kier molecular flexibility index (Phi) is 5.62. The lowest BCUT2D eigenvalue weighted by molar-refractivity contribution is -0.144. The van der Waals surface area contributed by atoms with E-state index in [4.69, 9.17) is 4.74 Å². The molecule has 1 aliphatic heterocycles. The number of carbonyl (C=O) groups is 1. The molecule has 0 amide bonds. The molecule has 1 rings (SSSR count). The average Bonchev–Trinajstić information content (AvgIpc) is 2.22. The summed E-state index contributed by atoms with van der Waals surface area (Å²) in [6, 6.07) is 0.834. The maximum Gasteiger partial charge on any atom is 0.307 e. The highest BCUT2D eigenvalue weighted by molar-refractivity contribution is 8.00. The van der Waals surface area contributed by atoms with Gasteiger partial charge in [0.1, 0.15) is 0 Å². The summed E-state index contributed by atoms with van der Waals surface area (Å²) < 4.78 is 4.99. The third-order valence-electron chi connectivity index (χ3n) is 3.27. The first-order chi connectivity index (χ1) is 7.56. The van der Waals surface area contributed by atoms with E-state index < -0.39 is 0 Å². The number of carbonyl (C=O) groups excluding carboxylic acids is 1. The van der Waals surface area contributed by atoms with Crippen molar-refractivity contribution in [1.29, 1.82) is 0 Å². The highest BCUT2D eigenvalue weighted by atomic mass is 32.2. The molecule has 0 N–H and O–H groups in total. The van der Waals surface area contributed by atoms with Gasteiger partial charge in [-0.15, -0.1) is 0 Å². The van der Waals surface area contributed by atoms with Crippen molar-refractivity contribution in [2.75, 3.05) is 18.9 Å². The van der Waals surface area contributed by atoms with Crippen LogP contribution in [0.3, 0.4) is 0 Å². The summed E-state index contributed by atoms with van der Waals surface area (Å²) in [6.07, 6.45) is 0.509. The molecule has 0 radical (unpaired) electrons. The molecule has 1 saturated heterocycles. The molecular weight excluding hydrogens is 222 g/mol. The summed E-state index contributed by atoms with van der Waals surface area (Å²) in [5.74, 6) is 1.09. The van der Waals surface area contributed by atoms with Crippen LogP contribution in [0.15, 0.2) is 0 Å². The molecule has 0 bridgehead atoms. The lowest BCUT2D eigenvalue weighted by Crippen LogP contribution is -2.49. The minimum absolute atomic E-state index is 0.0759. The van der Waals surface area contributed by atoms with Gasteiger partial charge in [-0.25, -0.2) is 0 Å². The molecule has 0 aliphatic carbocycles. The maximum atomic E-state index is 11.4. The Hall–Kier alpha value is -0.220. The van der Waals surface area contributed by atoms with Gasteiger partial charge in [-0.05, 0) is 20.8 Å². The fourth-order valence-electron chi connectivity index (χ4n) is 2.16. The summed E-state index contributed by atoms with van der Waals surface area (Å²) in [5, 5.41) is 0.651. The topological polar surface area (TPSA) is 29.5 Å². The minimum atomic E-state index is -0.0759. The molecule has 0 saturated carbocycles. The Balaban J connectivity index is 2.45. The van der Waals surface area contributed by atoms with Gasteiger partial charge < -0.3 is 4.74 Å². The van der Waals surface area contributed by atoms with Gasteiger partial charge in [-0.1, -0.05) is 6.92 Å². The van der Waals surface area contributed by atoms with E-state index in [2.05, 4.69) is 25.7 Å². The van der Waals surface area contributed by atoms with Crippen molar-refractivity contribution in [1.82, 2.24) is 4.90 Å². The van der Waals surface area contributed by atoms with Gasteiger partial charge in [0.25, 0.3) is 0 Å². The van der Waals surface area contributed by atoms with Crippen LogP contribution in [0.4, 0.5) is 0 Å². The monoisotopic (exact) mass is 245 g/mol. The highest BCUT2D eigenvalue weighted by Gasteiger charge is 2.29. The highest BCUT2D eigenvalue weighted by Crippen LogP contribution is 2.26. The molecule has 0 aromatic carbocycles. The van der Waals surface area contributed by atoms with E-state index in [9.17, 15) is 4.79 Å². The van der Waals surface area contributed by atoms with E-state index in [1.54, 1.807) is 0 Å². The van der Waals surface area contributed by atoms with Gasteiger partial charge in [0.15, 0.2) is 0 Å². The summed E-state index contributed by atoms with van der Waals surface area (Å²) in [6.45, 7) is 10.0. The van der Waals surface area contributed by atoms with E-state index in [0.717, 1.165) is 6.54 Å². The standard InChI is InChI=1S/C12H23NO2S/c1-5-15-12(14)8-9(2)13-6-7-16-11(4)10(13)3/h9-11H,5-8H2,1-4H3. The fourth-order valence-corrected chi connectivity index (χ4v) is 3.28. The molecule has 94 valence electrons. The van der Waals surface area contributed by atoms with Gasteiger partial charge >= 0.3 is 5.97 Å². The lowest BCUT2D eigenvalue weighted by atomic mass is 10.1. The minimum Gasteiger partial charge on any atom is -0.466 e. The normalized spacial score (nSPS) is 28.8. The zero-order valence-electron chi connectivity index (χ0n) is 10.7. The van der Waals surface area contributed by atoms with E-state index in [-0.39, 0.29) is 12.0 Å². The maximum absolute atomic E-state index is 11.4. The first-order valence-corrected chi connectivity index (χ1v) is 7.14. The molecule has 4 heteroatoms. The van der Waals surface area contributed by atoms with Gasteiger partial charge in [-0.2, -0.15) is 11.8 Å². The third kappa shape index (κ3) is 3.67. The second kappa shape index (κ2) is 6.50. The van der Waals surface area contributed by atoms with Crippen LogP contribution in [0.2, 0.25) is 0 Å². The number of ether oxygens (including phenoxy) is 1. The van der Waals surface area contributed by atoms with Gasteiger partial charge in [0.05, 0.1) is 13.0 Å². The zero-order valence-corrected chi connectivity index (χ0v) is 11.5. The Bertz CT molecular complexity index is 235. The van der Waals surface area contributed by atoms with Crippen molar-refractivity contribution in [3.63, 3.8) is 0 Å². The number of hydrogen-bond donors (Lipinski definition) is 0. The fraction of sp³-hybridized carbons (Fsp3) is 0.917. The van der Waals surface area contributed by atoms with Crippen molar-refractivity contribution >= 4 is 17.7 Å². The number of esters is 1. The van der Waals surface area contributed by atoms with Crippen LogP contribution >= 0.6 is 11.8 Å². The lowest BCUT2D eigenvalue weighted by Gasteiger charge is -2.41. The predicted molar refractivity (Wildman–Crippen MR) is 68.8 cm³/mol. The van der Waals surface area contributed by atoms with Crippen molar-refractivity contribution in [3.8, 4) is 0 Å². The first-order valence-electron chi connectivity index (χ1n) is 6.09. The van der Waals surface area contributed by atoms with Crippen LogP contribution in [0.25, 0.3) is 0 Å². The van der Waals surface area contributed by atoms with Crippen LogP contribution in [-0.2, 0) is 9.53 Å². The summed E-state index contributed by atoms with van der Waals surface area (Å²) in [4.78, 5) is 13.9. The Morgan fingerprint density at radius 1 is 1.56 bits per heavy atom. The second-order valence-corrected chi connectivity index (χ2v) is 5.90. The number of rotatable bonds is 4. The summed E-state index contributed by atoms with van der Waals surface area (Å²) in [7, 11) is 0. The van der Waals surface area contributed by atoms with Crippen LogP contribution in [0.1, 0.15) is 34.1 Å². The Morgan fingerprint density at radius 3 is 2.88 bits per heavy atom. The molecule has 0 aromatic rings. The number of nitrogens with zero attached hydrogens (tertiary/aromatic N) is 1. The van der Waals surface area contributed by atoms with E-state index in [0.29, 0.717) is 24.3 Å². The number of hydrogen-bond acceptors (Lipinski definition) is 4. The molecule has 1 fully saturated rings. The molecule has 0 aromatic heterocycles. The molecule has 3 atom stereocenters. The van der Waals surface area contributed by atoms with Gasteiger partial charge in [0, 0.05) is 29.6 Å². The Morgan fingerprint density at radius 2 is 2.25 bits per heavy atom.